The lowest BCUT2D eigenvalue weighted by atomic mass is 10.1. The van der Waals surface area contributed by atoms with E-state index in [-0.39, 0.29) is 0 Å². The number of hydrogen-bond donors (Lipinski definition) is 1. The van der Waals surface area contributed by atoms with Gasteiger partial charge >= 0.3 is 0 Å². The fourth-order valence-electron chi connectivity index (χ4n) is 3.26. The average Bonchev–Trinajstić information content (AvgIpc) is 2.78. The summed E-state index contributed by atoms with van der Waals surface area (Å²) >= 11 is 9.76. The summed E-state index contributed by atoms with van der Waals surface area (Å²) < 4.78 is 2.95. The summed E-state index contributed by atoms with van der Waals surface area (Å²) in [6.07, 6.45) is 6.96. The van der Waals surface area contributed by atoms with Gasteiger partial charge < -0.3 is 5.32 Å². The van der Waals surface area contributed by atoms with E-state index in [9.17, 15) is 0 Å². The van der Waals surface area contributed by atoms with Crippen molar-refractivity contribution in [3.63, 3.8) is 0 Å². The Balaban J connectivity index is 1.95. The van der Waals surface area contributed by atoms with Crippen molar-refractivity contribution < 1.29 is 0 Å². The number of nitrogens with one attached hydrogen (secondary N) is 1. The highest BCUT2D eigenvalue weighted by Gasteiger charge is 2.22. The zero-order chi connectivity index (χ0) is 17.4. The van der Waals surface area contributed by atoms with E-state index in [0.717, 1.165) is 58.6 Å². The first-order valence-electron chi connectivity index (χ1n) is 8.37. The van der Waals surface area contributed by atoms with E-state index >= 15 is 0 Å². The molecule has 25 heavy (non-hydrogen) atoms. The Kier molecular flexibility index (Phi) is 4.52. The fraction of sp³-hybridized carbons (Fsp3) is 0.263. The van der Waals surface area contributed by atoms with Crippen molar-refractivity contribution in [2.24, 2.45) is 0 Å². The summed E-state index contributed by atoms with van der Waals surface area (Å²) in [5.41, 5.74) is 5.40. The Bertz CT molecular complexity index is 935. The summed E-state index contributed by atoms with van der Waals surface area (Å²) in [6, 6.07) is 7.98. The average molecular weight is 418 g/mol. The zero-order valence-electron chi connectivity index (χ0n) is 13.9. The monoisotopic (exact) mass is 416 g/mol. The molecule has 0 bridgehead atoms. The maximum Gasteiger partial charge on any atom is 0.133 e. The molecule has 6 heteroatoms. The number of fused-ring (bicyclic) bond motifs is 1. The predicted octanol–water partition coefficient (Wildman–Crippen LogP) is 5.41. The van der Waals surface area contributed by atoms with Crippen LogP contribution in [0.2, 0.25) is 5.02 Å². The van der Waals surface area contributed by atoms with Gasteiger partial charge in [0.1, 0.15) is 5.82 Å². The second-order valence-corrected chi connectivity index (χ2v) is 7.65. The van der Waals surface area contributed by atoms with E-state index in [2.05, 4.69) is 39.2 Å². The van der Waals surface area contributed by atoms with Crippen molar-refractivity contribution >= 4 is 33.3 Å². The van der Waals surface area contributed by atoms with Crippen LogP contribution in [0.1, 0.15) is 24.0 Å². The van der Waals surface area contributed by atoms with E-state index in [4.69, 9.17) is 16.7 Å². The van der Waals surface area contributed by atoms with E-state index in [0.29, 0.717) is 5.02 Å². The number of hydrogen-bond acceptors (Lipinski definition) is 3. The van der Waals surface area contributed by atoms with E-state index < -0.39 is 0 Å². The molecule has 0 aliphatic carbocycles. The van der Waals surface area contributed by atoms with Crippen molar-refractivity contribution in [1.29, 1.82) is 0 Å². The number of halogens is 2. The van der Waals surface area contributed by atoms with E-state index in [1.807, 2.05) is 29.1 Å². The van der Waals surface area contributed by atoms with Gasteiger partial charge in [-0.05, 0) is 65.9 Å². The lowest BCUT2D eigenvalue weighted by Crippen LogP contribution is -2.08. The predicted molar refractivity (Wildman–Crippen MR) is 106 cm³/mol. The smallest absolute Gasteiger partial charge is 0.133 e. The number of nitrogens with zero attached hydrogens (tertiary/aromatic N) is 3. The van der Waals surface area contributed by atoms with Gasteiger partial charge in [-0.15, -0.1) is 0 Å². The van der Waals surface area contributed by atoms with Gasteiger partial charge in [0, 0.05) is 39.6 Å². The third-order valence-corrected chi connectivity index (χ3v) is 5.18. The van der Waals surface area contributed by atoms with Gasteiger partial charge in [-0.2, -0.15) is 5.10 Å². The molecule has 0 saturated heterocycles. The molecule has 0 fully saturated rings. The molecule has 3 heterocycles. The Labute approximate surface area is 160 Å². The minimum absolute atomic E-state index is 0.712. The summed E-state index contributed by atoms with van der Waals surface area (Å²) in [6.45, 7) is 3.03. The van der Waals surface area contributed by atoms with Crippen molar-refractivity contribution in [3.05, 3.63) is 57.3 Å². The first kappa shape index (κ1) is 16.6. The summed E-state index contributed by atoms with van der Waals surface area (Å²) in [7, 11) is 0. The summed E-state index contributed by atoms with van der Waals surface area (Å²) in [5.74, 6) is 1.07. The highest BCUT2D eigenvalue weighted by atomic mass is 79.9. The molecule has 0 radical (unpaired) electrons. The number of benzene rings is 1. The first-order valence-corrected chi connectivity index (χ1v) is 9.54. The normalized spacial score (nSPS) is 13.9. The van der Waals surface area contributed by atoms with Crippen LogP contribution < -0.4 is 5.32 Å². The molecule has 0 saturated carbocycles. The van der Waals surface area contributed by atoms with Gasteiger partial charge in [0.2, 0.25) is 0 Å². The van der Waals surface area contributed by atoms with Crippen LogP contribution in [0, 0.1) is 6.92 Å². The van der Waals surface area contributed by atoms with Crippen LogP contribution in [0.4, 0.5) is 5.82 Å². The molecule has 3 aromatic rings. The van der Waals surface area contributed by atoms with E-state index in [1.165, 1.54) is 5.56 Å². The highest BCUT2D eigenvalue weighted by Crippen LogP contribution is 2.35. The molecule has 0 spiro atoms. The molecule has 2 aromatic heterocycles. The van der Waals surface area contributed by atoms with Crippen LogP contribution in [0.15, 0.2) is 41.1 Å². The topological polar surface area (TPSA) is 42.7 Å². The Morgan fingerprint density at radius 2 is 2.08 bits per heavy atom. The standard InChI is InChI=1S/C19H18BrClN4/c1-12-5-6-15(21)9-17(12)25-19-16(4-2-3-7-23-19)18(24-25)13-8-14(20)11-22-10-13/h5-6,8-11,23H,2-4,7H2,1H3. The molecule has 1 aliphatic heterocycles. The van der Waals surface area contributed by atoms with Gasteiger partial charge in [-0.25, -0.2) is 4.68 Å². The maximum atomic E-state index is 6.25. The second-order valence-electron chi connectivity index (χ2n) is 6.29. The van der Waals surface area contributed by atoms with Gasteiger partial charge in [0.15, 0.2) is 0 Å². The van der Waals surface area contributed by atoms with Crippen LogP contribution in [0.25, 0.3) is 16.9 Å². The van der Waals surface area contributed by atoms with Crippen molar-refractivity contribution in [2.75, 3.05) is 11.9 Å². The van der Waals surface area contributed by atoms with Crippen LogP contribution in [-0.4, -0.2) is 21.3 Å². The van der Waals surface area contributed by atoms with E-state index in [1.54, 1.807) is 6.20 Å². The van der Waals surface area contributed by atoms with Crippen molar-refractivity contribution in [1.82, 2.24) is 14.8 Å². The molecule has 0 atom stereocenters. The SMILES string of the molecule is Cc1ccc(Cl)cc1-n1nc(-c2cncc(Br)c2)c2c1NCCCC2. The molecule has 1 aliphatic rings. The number of aromatic nitrogens is 3. The third-order valence-electron chi connectivity index (χ3n) is 4.51. The zero-order valence-corrected chi connectivity index (χ0v) is 16.2. The Morgan fingerprint density at radius 1 is 1.20 bits per heavy atom. The molecule has 1 N–H and O–H groups in total. The quantitative estimate of drug-likeness (QED) is 0.606. The van der Waals surface area contributed by atoms with Gasteiger partial charge in [-0.3, -0.25) is 4.98 Å². The number of rotatable bonds is 2. The molecule has 0 unspecified atom stereocenters. The third kappa shape index (κ3) is 3.18. The van der Waals surface area contributed by atoms with Gasteiger partial charge in [-0.1, -0.05) is 17.7 Å². The first-order chi connectivity index (χ1) is 12.1. The molecule has 4 rings (SSSR count). The van der Waals surface area contributed by atoms with Crippen molar-refractivity contribution in [2.45, 2.75) is 26.2 Å². The minimum Gasteiger partial charge on any atom is -0.370 e. The Morgan fingerprint density at radius 3 is 2.92 bits per heavy atom. The van der Waals surface area contributed by atoms with Crippen LogP contribution >= 0.6 is 27.5 Å². The molecule has 1 aromatic carbocycles. The highest BCUT2D eigenvalue weighted by molar-refractivity contribution is 9.10. The molecule has 0 amide bonds. The van der Waals surface area contributed by atoms with Gasteiger partial charge in [0.05, 0.1) is 11.4 Å². The largest absolute Gasteiger partial charge is 0.370 e. The fourth-order valence-corrected chi connectivity index (χ4v) is 3.79. The second kappa shape index (κ2) is 6.81. The minimum atomic E-state index is 0.712. The lowest BCUT2D eigenvalue weighted by Gasteiger charge is -2.12. The number of pyridine rings is 1. The van der Waals surface area contributed by atoms with Crippen molar-refractivity contribution in [3.8, 4) is 16.9 Å². The molecular weight excluding hydrogens is 400 g/mol. The maximum absolute atomic E-state index is 6.25. The summed E-state index contributed by atoms with van der Waals surface area (Å²) in [4.78, 5) is 4.31. The molecular formula is C19H18BrClN4. The summed E-state index contributed by atoms with van der Waals surface area (Å²) in [5, 5.41) is 9.23. The Hall–Kier alpha value is -1.85. The van der Waals surface area contributed by atoms with Crippen LogP contribution in [0.3, 0.4) is 0 Å². The number of aryl methyl sites for hydroxylation is 1. The van der Waals surface area contributed by atoms with Crippen LogP contribution in [-0.2, 0) is 6.42 Å². The van der Waals surface area contributed by atoms with Gasteiger partial charge in [0.25, 0.3) is 0 Å². The molecule has 128 valence electrons. The molecule has 4 nitrogen and oxygen atoms in total. The lowest BCUT2D eigenvalue weighted by molar-refractivity contribution is 0.779. The van der Waals surface area contributed by atoms with Crippen LogP contribution in [0.5, 0.6) is 0 Å². The number of anilines is 1.